The predicted octanol–water partition coefficient (Wildman–Crippen LogP) is 2.26. The number of nitrogens with one attached hydrogen (secondary N) is 1. The summed E-state index contributed by atoms with van der Waals surface area (Å²) < 4.78 is 27.1. The second-order valence-corrected chi connectivity index (χ2v) is 7.73. The molecule has 0 aromatic heterocycles. The second-order valence-electron chi connectivity index (χ2n) is 4.38. The molecule has 1 aromatic rings. The highest BCUT2D eigenvalue weighted by atomic mass is 79.9. The van der Waals surface area contributed by atoms with E-state index in [9.17, 15) is 13.7 Å². The molecule has 0 bridgehead atoms. The Morgan fingerprint density at radius 2 is 2.11 bits per heavy atom. The molecule has 1 saturated heterocycles. The van der Waals surface area contributed by atoms with Crippen LogP contribution in [0.15, 0.2) is 29.2 Å². The number of hydrogen-bond acceptors (Lipinski definition) is 4. The van der Waals surface area contributed by atoms with Crippen LogP contribution >= 0.6 is 27.7 Å². The van der Waals surface area contributed by atoms with Crippen molar-refractivity contribution in [3.05, 3.63) is 29.8 Å². The van der Waals surface area contributed by atoms with Crippen LogP contribution in [0.4, 0.5) is 0 Å². The van der Waals surface area contributed by atoms with Gasteiger partial charge < -0.3 is 0 Å². The van der Waals surface area contributed by atoms with Gasteiger partial charge in [0.2, 0.25) is 10.0 Å². The van der Waals surface area contributed by atoms with Gasteiger partial charge in [0.15, 0.2) is 0 Å². The summed E-state index contributed by atoms with van der Waals surface area (Å²) in [4.78, 5) is 0.198. The van der Waals surface area contributed by atoms with E-state index >= 15 is 0 Å². The van der Waals surface area contributed by atoms with Crippen LogP contribution in [-0.4, -0.2) is 25.5 Å². The van der Waals surface area contributed by atoms with Crippen LogP contribution < -0.4 is 4.72 Å². The number of thioether (sulfide) groups is 1. The third-order valence-electron chi connectivity index (χ3n) is 2.95. The zero-order valence-corrected chi connectivity index (χ0v) is 13.3. The van der Waals surface area contributed by atoms with E-state index in [-0.39, 0.29) is 4.90 Å². The summed E-state index contributed by atoms with van der Waals surface area (Å²) in [5.74, 6) is 1.31. The number of hydrogen-bond donors (Lipinski definition) is 1. The Kier molecular flexibility index (Phi) is 4.56. The second kappa shape index (κ2) is 5.83. The maximum Gasteiger partial charge on any atom is 0.241 e. The average Bonchev–Trinajstić information content (AvgIpc) is 2.87. The monoisotopic (exact) mass is 360 g/mol. The molecule has 1 N–H and O–H groups in total. The van der Waals surface area contributed by atoms with E-state index in [4.69, 9.17) is 0 Å². The first-order valence-electron chi connectivity index (χ1n) is 5.69. The number of alkyl halides is 1. The summed E-state index contributed by atoms with van der Waals surface area (Å²) in [6, 6.07) is 8.74. The molecule has 0 spiro atoms. The van der Waals surface area contributed by atoms with Crippen LogP contribution in [0.2, 0.25) is 0 Å². The molecule has 4 nitrogen and oxygen atoms in total. The lowest BCUT2D eigenvalue weighted by Gasteiger charge is -2.21. The minimum absolute atomic E-state index is 0.198. The van der Waals surface area contributed by atoms with Gasteiger partial charge in [-0.2, -0.15) is 21.7 Å². The first-order chi connectivity index (χ1) is 9.01. The number of rotatable bonds is 4. The molecule has 1 unspecified atom stereocenters. The molecular formula is C12H13BrN2O2S2. The zero-order chi connectivity index (χ0) is 13.9. The van der Waals surface area contributed by atoms with Gasteiger partial charge in [-0.25, -0.2) is 8.42 Å². The Balaban J connectivity index is 2.24. The first kappa shape index (κ1) is 14.9. The van der Waals surface area contributed by atoms with Crippen molar-refractivity contribution in [3.63, 3.8) is 0 Å². The Bertz CT molecular complexity index is 587. The van der Waals surface area contributed by atoms with Gasteiger partial charge in [-0.3, -0.25) is 0 Å². The van der Waals surface area contributed by atoms with E-state index in [1.807, 2.05) is 0 Å². The Morgan fingerprint density at radius 3 is 2.58 bits per heavy atom. The van der Waals surface area contributed by atoms with Crippen molar-refractivity contribution in [1.82, 2.24) is 4.72 Å². The van der Waals surface area contributed by atoms with E-state index < -0.39 is 15.6 Å². The molecular weight excluding hydrogens is 348 g/mol. The van der Waals surface area contributed by atoms with Gasteiger partial charge in [-0.15, -0.1) is 0 Å². The van der Waals surface area contributed by atoms with Gasteiger partial charge in [-0.05, 0) is 29.9 Å². The Labute approximate surface area is 125 Å². The Hall–Kier alpha value is -0.550. The van der Waals surface area contributed by atoms with Gasteiger partial charge in [0.1, 0.15) is 5.54 Å². The van der Waals surface area contributed by atoms with Crippen LogP contribution in [0, 0.1) is 11.3 Å². The van der Waals surface area contributed by atoms with Crippen LogP contribution in [0.1, 0.15) is 12.0 Å². The van der Waals surface area contributed by atoms with Crippen molar-refractivity contribution in [1.29, 1.82) is 5.26 Å². The van der Waals surface area contributed by atoms with E-state index in [0.29, 0.717) is 17.5 Å². The molecule has 2 rings (SSSR count). The highest BCUT2D eigenvalue weighted by Crippen LogP contribution is 2.29. The molecule has 0 radical (unpaired) electrons. The number of nitriles is 1. The number of sulfonamides is 1. The van der Waals surface area contributed by atoms with Crippen molar-refractivity contribution in [2.45, 2.75) is 22.2 Å². The molecule has 1 heterocycles. The fourth-order valence-electron chi connectivity index (χ4n) is 1.83. The fourth-order valence-corrected chi connectivity index (χ4v) is 4.91. The molecule has 0 amide bonds. The van der Waals surface area contributed by atoms with Crippen LogP contribution in [0.5, 0.6) is 0 Å². The lowest BCUT2D eigenvalue weighted by molar-refractivity contribution is 0.515. The third kappa shape index (κ3) is 3.31. The predicted molar refractivity (Wildman–Crippen MR) is 79.7 cm³/mol. The van der Waals surface area contributed by atoms with Crippen LogP contribution in [-0.2, 0) is 15.4 Å². The maximum atomic E-state index is 12.3. The smallest absolute Gasteiger partial charge is 0.207 e. The highest BCUT2D eigenvalue weighted by molar-refractivity contribution is 9.08. The minimum atomic E-state index is -3.64. The molecule has 7 heteroatoms. The molecule has 0 saturated carbocycles. The van der Waals surface area contributed by atoms with Gasteiger partial charge >= 0.3 is 0 Å². The van der Waals surface area contributed by atoms with Crippen LogP contribution in [0.3, 0.4) is 0 Å². The minimum Gasteiger partial charge on any atom is -0.207 e. The molecule has 102 valence electrons. The van der Waals surface area contributed by atoms with Gasteiger partial charge in [-0.1, -0.05) is 28.1 Å². The van der Waals surface area contributed by atoms with E-state index in [0.717, 1.165) is 11.3 Å². The molecule has 1 fully saturated rings. The summed E-state index contributed by atoms with van der Waals surface area (Å²) in [5, 5.41) is 9.89. The summed E-state index contributed by atoms with van der Waals surface area (Å²) >= 11 is 4.90. The summed E-state index contributed by atoms with van der Waals surface area (Å²) in [5.41, 5.74) is 0.0443. The van der Waals surface area contributed by atoms with Crippen LogP contribution in [0.25, 0.3) is 0 Å². The summed E-state index contributed by atoms with van der Waals surface area (Å²) in [6.07, 6.45) is 0.548. The normalized spacial score (nSPS) is 23.2. The van der Waals surface area contributed by atoms with E-state index in [1.165, 1.54) is 0 Å². The Morgan fingerprint density at radius 1 is 1.42 bits per heavy atom. The SMILES string of the molecule is N#CC1(NS(=O)(=O)c2ccc(CBr)cc2)CCSC1. The van der Waals surface area contributed by atoms with Crippen molar-refractivity contribution in [2.75, 3.05) is 11.5 Å². The molecule has 0 aliphatic carbocycles. The molecule has 1 aromatic carbocycles. The van der Waals surface area contributed by atoms with Gasteiger partial charge in [0.25, 0.3) is 0 Å². The van der Waals surface area contributed by atoms with Crippen molar-refractivity contribution in [3.8, 4) is 6.07 Å². The molecule has 1 aliphatic rings. The fraction of sp³-hybridized carbons (Fsp3) is 0.417. The molecule has 1 atom stereocenters. The third-order valence-corrected chi connectivity index (χ3v) is 6.34. The number of nitrogens with zero attached hydrogens (tertiary/aromatic N) is 1. The van der Waals surface area contributed by atoms with E-state index in [2.05, 4.69) is 26.7 Å². The van der Waals surface area contributed by atoms with Crippen molar-refractivity contribution in [2.24, 2.45) is 0 Å². The topological polar surface area (TPSA) is 70.0 Å². The number of halogens is 1. The largest absolute Gasteiger partial charge is 0.241 e. The quantitative estimate of drug-likeness (QED) is 0.836. The van der Waals surface area contributed by atoms with Crippen molar-refractivity contribution >= 4 is 37.7 Å². The summed E-state index contributed by atoms with van der Waals surface area (Å²) in [7, 11) is -3.64. The number of benzene rings is 1. The zero-order valence-electron chi connectivity index (χ0n) is 10.1. The standard InChI is InChI=1S/C12H13BrN2O2S2/c13-7-10-1-3-11(4-2-10)19(16,17)15-12(8-14)5-6-18-9-12/h1-4,15H,5-7,9H2. The summed E-state index contributed by atoms with van der Waals surface area (Å²) in [6.45, 7) is 0. The lowest BCUT2D eigenvalue weighted by atomic mass is 10.0. The van der Waals surface area contributed by atoms with Crippen molar-refractivity contribution < 1.29 is 8.42 Å². The molecule has 19 heavy (non-hydrogen) atoms. The first-order valence-corrected chi connectivity index (χ1v) is 9.45. The highest BCUT2D eigenvalue weighted by Gasteiger charge is 2.38. The maximum absolute atomic E-state index is 12.3. The van der Waals surface area contributed by atoms with Gasteiger partial charge in [0, 0.05) is 11.1 Å². The average molecular weight is 361 g/mol. The van der Waals surface area contributed by atoms with Gasteiger partial charge in [0.05, 0.1) is 11.0 Å². The van der Waals surface area contributed by atoms with E-state index in [1.54, 1.807) is 36.0 Å². The molecule has 1 aliphatic heterocycles. The lowest BCUT2D eigenvalue weighted by Crippen LogP contribution is -2.47.